The van der Waals surface area contributed by atoms with Gasteiger partial charge >= 0.3 is 0 Å². The Balaban J connectivity index is 0.000000269. The summed E-state index contributed by atoms with van der Waals surface area (Å²) in [4.78, 5) is 9.09. The summed E-state index contributed by atoms with van der Waals surface area (Å²) in [6.45, 7) is 0. The Morgan fingerprint density at radius 1 is 0.608 bits per heavy atom. The van der Waals surface area contributed by atoms with Gasteiger partial charge in [-0.2, -0.15) is 5.56 Å². The molecule has 2 heterocycles. The largest absolute Gasteiger partial charge is 0.374 e. The number of hydrogen-bond donors (Lipinski definition) is 0. The third-order valence-corrected chi connectivity index (χ3v) is 8.20. The van der Waals surface area contributed by atoms with Crippen molar-refractivity contribution < 1.29 is 57.2 Å². The number of benzene rings is 7. The van der Waals surface area contributed by atoms with Gasteiger partial charge in [0, 0.05) is 78.9 Å². The van der Waals surface area contributed by atoms with Gasteiger partial charge in [-0.25, -0.2) is 6.07 Å². The molecule has 0 saturated heterocycles. The van der Waals surface area contributed by atoms with Gasteiger partial charge in [-0.15, -0.1) is 59.5 Å². The molecule has 0 aliphatic carbocycles. The van der Waals surface area contributed by atoms with Gasteiger partial charge in [0.1, 0.15) is 0 Å². The topological polar surface area (TPSA) is 30.7 Å². The third kappa shape index (κ3) is 8.01. The Hall–Kier alpha value is -4.57. The van der Waals surface area contributed by atoms with Crippen molar-refractivity contribution in [3.8, 4) is 39.5 Å². The van der Waals surface area contributed by atoms with Crippen LogP contribution in [0.4, 0.5) is 4.39 Å². The van der Waals surface area contributed by atoms with Crippen LogP contribution in [0.5, 0.6) is 0 Å². The van der Waals surface area contributed by atoms with E-state index in [0.717, 1.165) is 55.9 Å². The van der Waals surface area contributed by atoms with E-state index in [9.17, 15) is 4.39 Å². The zero-order valence-corrected chi connectivity index (χ0v) is 32.5. The third-order valence-electron chi connectivity index (χ3n) is 8.20. The van der Waals surface area contributed by atoms with Crippen LogP contribution in [0.2, 0.25) is 0 Å². The zero-order valence-electron chi connectivity index (χ0n) is 27.2. The Labute approximate surface area is 337 Å². The minimum absolute atomic E-state index is 0. The van der Waals surface area contributed by atoms with Crippen molar-refractivity contribution in [2.24, 2.45) is 0 Å². The van der Waals surface area contributed by atoms with E-state index in [1.54, 1.807) is 12.3 Å². The number of pyridine rings is 1. The standard InChI is InChI=1S/C33H19N2.C11H7FN.B.Ir.Y/c1-2-12-28(13-3-1)35-32-16-7-6-15-31(32)34-33(35)27-11-8-10-24(22-27)25-19-20-30-26(21-25)18-17-23-9-4-5-14-29(23)30;12-10-6-4-9(5-7-10)11-3-1-2-8-13-11;;;/h1-10,12-20H;1-4,6-8H;;;/q-3;-1;;;. The molecule has 2 aromatic heterocycles. The van der Waals surface area contributed by atoms with Crippen LogP contribution < -0.4 is 0 Å². The summed E-state index contributed by atoms with van der Waals surface area (Å²) in [5, 5.41) is 4.79. The fourth-order valence-corrected chi connectivity index (χ4v) is 5.91. The van der Waals surface area contributed by atoms with Gasteiger partial charge in [0.2, 0.25) is 0 Å². The van der Waals surface area contributed by atoms with Gasteiger partial charge in [-0.05, 0) is 52.6 Å². The van der Waals surface area contributed by atoms with Crippen molar-refractivity contribution in [2.45, 2.75) is 0 Å². The van der Waals surface area contributed by atoms with E-state index in [1.807, 2.05) is 66.7 Å². The first-order valence-electron chi connectivity index (χ1n) is 15.6. The van der Waals surface area contributed by atoms with Crippen molar-refractivity contribution in [3.05, 3.63) is 188 Å². The number of nitrogens with zero attached hydrogens (tertiary/aromatic N) is 3. The van der Waals surface area contributed by atoms with E-state index in [1.165, 1.54) is 28.3 Å². The minimum Gasteiger partial charge on any atom is -0.374 e. The van der Waals surface area contributed by atoms with Crippen molar-refractivity contribution in [1.82, 2.24) is 14.5 Å². The van der Waals surface area contributed by atoms with Crippen LogP contribution in [0.15, 0.2) is 158 Å². The first-order chi connectivity index (χ1) is 23.7. The predicted octanol–water partition coefficient (Wildman–Crippen LogP) is 10.4. The van der Waals surface area contributed by atoms with E-state index in [-0.39, 0.29) is 67.0 Å². The maximum atomic E-state index is 12.6. The molecule has 9 aromatic rings. The van der Waals surface area contributed by atoms with Crippen molar-refractivity contribution in [1.29, 1.82) is 0 Å². The molecule has 0 aliphatic rings. The van der Waals surface area contributed by atoms with Gasteiger partial charge in [0.05, 0.1) is 11.0 Å². The number of imidazole rings is 1. The van der Waals surface area contributed by atoms with Gasteiger partial charge in [-0.1, -0.05) is 78.2 Å². The van der Waals surface area contributed by atoms with Crippen LogP contribution in [0, 0.1) is 30.1 Å². The Morgan fingerprint density at radius 2 is 1.35 bits per heavy atom. The number of fused-ring (bicyclic) bond motifs is 4. The Kier molecular flexibility index (Phi) is 12.6. The second-order valence-corrected chi connectivity index (χ2v) is 11.2. The molecule has 0 saturated carbocycles. The molecular formula is C44H26BFIrN3Y-4. The van der Waals surface area contributed by atoms with Gasteiger partial charge in [-0.3, -0.25) is 27.7 Å². The van der Waals surface area contributed by atoms with Crippen LogP contribution in [0.3, 0.4) is 0 Å². The second kappa shape index (κ2) is 17.1. The molecule has 243 valence electrons. The molecule has 0 amide bonds. The zero-order chi connectivity index (χ0) is 32.3. The summed E-state index contributed by atoms with van der Waals surface area (Å²) < 4.78 is 14.7. The van der Waals surface area contributed by atoms with Crippen LogP contribution in [-0.4, -0.2) is 22.9 Å². The number of rotatable bonds is 4. The first-order valence-corrected chi connectivity index (χ1v) is 15.6. The molecule has 5 radical (unpaired) electrons. The first kappa shape index (κ1) is 37.7. The normalized spacial score (nSPS) is 10.4. The summed E-state index contributed by atoms with van der Waals surface area (Å²) in [6.07, 6.45) is 1.70. The van der Waals surface area contributed by atoms with Crippen molar-refractivity contribution in [3.63, 3.8) is 0 Å². The SMILES string of the molecule is Fc1c[c-]c(-c2ccccn2)cc1.[B].[Ir].[Y].[c-]1ccc(-c2[c-]c3ccc4ccccc4c3cc2)[c-]c1-c1nc2ccccc2n1-c1ccccc1. The van der Waals surface area contributed by atoms with E-state index in [0.29, 0.717) is 0 Å². The van der Waals surface area contributed by atoms with Crippen LogP contribution in [0.1, 0.15) is 0 Å². The van der Waals surface area contributed by atoms with Crippen molar-refractivity contribution >= 4 is 41.0 Å². The molecule has 0 bridgehead atoms. The summed E-state index contributed by atoms with van der Waals surface area (Å²) in [5.74, 6) is 0.547. The average molecular weight is 908 g/mol. The van der Waals surface area contributed by atoms with Gasteiger partial charge in [0.25, 0.3) is 0 Å². The molecule has 0 N–H and O–H groups in total. The van der Waals surface area contributed by atoms with Crippen LogP contribution in [0.25, 0.3) is 72.0 Å². The molecule has 0 unspecified atom stereocenters. The summed E-state index contributed by atoms with van der Waals surface area (Å²) >= 11 is 0. The quantitative estimate of drug-likeness (QED) is 0.100. The summed E-state index contributed by atoms with van der Waals surface area (Å²) in [6, 6.07) is 63.0. The summed E-state index contributed by atoms with van der Waals surface area (Å²) in [5.41, 5.74) is 7.49. The van der Waals surface area contributed by atoms with Gasteiger partial charge in [0.15, 0.2) is 0 Å². The smallest absolute Gasteiger partial charge is 0.0668 e. The fourth-order valence-electron chi connectivity index (χ4n) is 5.91. The van der Waals surface area contributed by atoms with Gasteiger partial charge < -0.3 is 20.6 Å². The maximum Gasteiger partial charge on any atom is 0.0668 e. The van der Waals surface area contributed by atoms with Crippen LogP contribution in [-0.2, 0) is 52.8 Å². The number of halogens is 1. The van der Waals surface area contributed by atoms with E-state index >= 15 is 0 Å². The molecule has 9 rings (SSSR count). The number of aromatic nitrogens is 3. The Bertz CT molecular complexity index is 2520. The van der Waals surface area contributed by atoms with E-state index < -0.39 is 0 Å². The molecular weight excluding hydrogens is 881 g/mol. The summed E-state index contributed by atoms with van der Waals surface area (Å²) in [7, 11) is 0. The predicted molar refractivity (Wildman–Crippen MR) is 198 cm³/mol. The molecule has 7 aromatic carbocycles. The minimum atomic E-state index is -0.278. The molecule has 0 fully saturated rings. The Morgan fingerprint density at radius 3 is 2.16 bits per heavy atom. The second-order valence-electron chi connectivity index (χ2n) is 11.2. The molecule has 3 nitrogen and oxygen atoms in total. The monoisotopic (exact) mass is 908 g/mol. The molecule has 7 heteroatoms. The van der Waals surface area contributed by atoms with Crippen LogP contribution >= 0.6 is 0 Å². The maximum absolute atomic E-state index is 12.6. The number of hydrogen-bond acceptors (Lipinski definition) is 2. The molecule has 0 aliphatic heterocycles. The van der Waals surface area contributed by atoms with E-state index in [4.69, 9.17) is 4.98 Å². The molecule has 0 atom stereocenters. The van der Waals surface area contributed by atoms with E-state index in [2.05, 4.69) is 101 Å². The molecule has 51 heavy (non-hydrogen) atoms. The average Bonchev–Trinajstić information content (AvgIpc) is 3.56. The molecule has 0 spiro atoms. The number of para-hydroxylation sites is 3. The van der Waals surface area contributed by atoms with Crippen molar-refractivity contribution in [2.75, 3.05) is 0 Å². The fraction of sp³-hybridized carbons (Fsp3) is 0.